The maximum Gasteiger partial charge on any atom is 0.240 e. The Hall–Kier alpha value is -2.80. The molecule has 2 N–H and O–H groups in total. The maximum atomic E-state index is 13.3. The molecule has 0 aliphatic carbocycles. The topological polar surface area (TPSA) is 71.8 Å². The van der Waals surface area contributed by atoms with E-state index in [0.717, 1.165) is 34.6 Å². The second kappa shape index (κ2) is 7.67. The third-order valence-electron chi connectivity index (χ3n) is 4.89. The van der Waals surface area contributed by atoms with Gasteiger partial charge in [0, 0.05) is 12.1 Å². The fraction of sp³-hybridized carbons (Fsp3) is 0.286. The van der Waals surface area contributed by atoms with Crippen LogP contribution >= 0.6 is 11.8 Å². The summed E-state index contributed by atoms with van der Waals surface area (Å²) in [6.45, 7) is 6.06. The number of rotatable bonds is 4. The highest BCUT2D eigenvalue weighted by atomic mass is 32.2. The Bertz CT molecular complexity index is 1000. The normalized spacial score (nSPS) is 18.2. The van der Waals surface area contributed by atoms with Crippen LogP contribution in [-0.4, -0.2) is 26.0 Å². The Kier molecular flexibility index (Phi) is 5.09. The van der Waals surface area contributed by atoms with Crippen LogP contribution in [0.5, 0.6) is 0 Å². The molecular weight excluding hydrogens is 370 g/mol. The number of carbonyl (C=O) groups excluding carboxylic acids is 1. The van der Waals surface area contributed by atoms with Gasteiger partial charge in [-0.1, -0.05) is 61.2 Å². The van der Waals surface area contributed by atoms with E-state index in [1.165, 1.54) is 11.8 Å². The van der Waals surface area contributed by atoms with Crippen molar-refractivity contribution in [3.8, 4) is 0 Å². The zero-order valence-corrected chi connectivity index (χ0v) is 17.0. The average molecular weight is 394 g/mol. The summed E-state index contributed by atoms with van der Waals surface area (Å²) in [5.41, 5.74) is 7.52. The number of thioether (sulfide) groups is 1. The smallest absolute Gasteiger partial charge is 0.240 e. The Morgan fingerprint density at radius 1 is 1.18 bits per heavy atom. The van der Waals surface area contributed by atoms with Crippen LogP contribution in [0.3, 0.4) is 0 Å². The lowest BCUT2D eigenvalue weighted by Crippen LogP contribution is -2.41. The molecule has 6 nitrogen and oxygen atoms in total. The van der Waals surface area contributed by atoms with Gasteiger partial charge >= 0.3 is 0 Å². The van der Waals surface area contributed by atoms with Gasteiger partial charge in [0.25, 0.3) is 0 Å². The molecule has 1 aliphatic heterocycles. The first-order valence-electron chi connectivity index (χ1n) is 9.37. The highest BCUT2D eigenvalue weighted by Crippen LogP contribution is 2.37. The number of aryl methyl sites for hydroxylation is 3. The Morgan fingerprint density at radius 3 is 2.71 bits per heavy atom. The molecule has 1 aliphatic rings. The first kappa shape index (κ1) is 18.6. The van der Waals surface area contributed by atoms with Gasteiger partial charge in [-0.25, -0.2) is 4.68 Å². The molecule has 144 valence electrons. The molecule has 2 heterocycles. The summed E-state index contributed by atoms with van der Waals surface area (Å²) in [7, 11) is 0. The fourth-order valence-corrected chi connectivity index (χ4v) is 4.41. The van der Waals surface area contributed by atoms with E-state index in [-0.39, 0.29) is 17.2 Å². The predicted octanol–water partition coefficient (Wildman–Crippen LogP) is 3.86. The van der Waals surface area contributed by atoms with Gasteiger partial charge < -0.3 is 10.7 Å². The maximum absolute atomic E-state index is 13.3. The molecule has 0 fully saturated rings. The first-order valence-corrected chi connectivity index (χ1v) is 10.3. The van der Waals surface area contributed by atoms with E-state index in [1.807, 2.05) is 74.0 Å². The van der Waals surface area contributed by atoms with Gasteiger partial charge in [-0.15, -0.1) is 10.2 Å². The predicted molar refractivity (Wildman–Crippen MR) is 112 cm³/mol. The molecule has 2 aromatic carbocycles. The average Bonchev–Trinajstić information content (AvgIpc) is 3.12. The van der Waals surface area contributed by atoms with Crippen molar-refractivity contribution in [3.05, 3.63) is 71.0 Å². The summed E-state index contributed by atoms with van der Waals surface area (Å²) >= 11 is 1.45. The minimum Gasteiger partial charge on any atom is -0.325 e. The number of nitrogens with zero attached hydrogens (tertiary/aromatic N) is 3. The van der Waals surface area contributed by atoms with E-state index in [1.54, 1.807) is 0 Å². The second-order valence-electron chi connectivity index (χ2n) is 6.95. The lowest BCUT2D eigenvalue weighted by Gasteiger charge is -2.33. The third-order valence-corrected chi connectivity index (χ3v) is 6.10. The van der Waals surface area contributed by atoms with Crippen LogP contribution in [0.25, 0.3) is 0 Å². The summed E-state index contributed by atoms with van der Waals surface area (Å²) in [5, 5.41) is 12.0. The van der Waals surface area contributed by atoms with Crippen LogP contribution in [0.2, 0.25) is 0 Å². The van der Waals surface area contributed by atoms with Gasteiger partial charge in [0.15, 0.2) is 5.82 Å². The highest BCUT2D eigenvalue weighted by molar-refractivity contribution is 8.00. The number of benzene rings is 2. The van der Waals surface area contributed by atoms with Crippen LogP contribution in [0.4, 0.5) is 5.69 Å². The molecule has 0 saturated heterocycles. The van der Waals surface area contributed by atoms with Crippen molar-refractivity contribution in [2.24, 2.45) is 0 Å². The van der Waals surface area contributed by atoms with Crippen molar-refractivity contribution < 1.29 is 4.79 Å². The minimum absolute atomic E-state index is 0.0487. The number of nitrogens with one attached hydrogen (secondary N) is 2. The highest BCUT2D eigenvalue weighted by Gasteiger charge is 2.37. The van der Waals surface area contributed by atoms with Crippen LogP contribution in [-0.2, 0) is 11.2 Å². The lowest BCUT2D eigenvalue weighted by atomic mass is 10.0. The quantitative estimate of drug-likeness (QED) is 0.704. The van der Waals surface area contributed by atoms with E-state index in [4.69, 9.17) is 0 Å². The van der Waals surface area contributed by atoms with E-state index in [2.05, 4.69) is 20.9 Å². The second-order valence-corrected chi connectivity index (χ2v) is 8.06. The number of anilines is 1. The van der Waals surface area contributed by atoms with Crippen molar-refractivity contribution in [2.75, 3.05) is 10.7 Å². The van der Waals surface area contributed by atoms with Crippen LogP contribution < -0.4 is 10.7 Å². The number of fused-ring (bicyclic) bond motifs is 1. The molecule has 1 aromatic heterocycles. The fourth-order valence-electron chi connectivity index (χ4n) is 3.31. The molecule has 1 amide bonds. The summed E-state index contributed by atoms with van der Waals surface area (Å²) in [6, 6.07) is 15.9. The van der Waals surface area contributed by atoms with Crippen LogP contribution in [0, 0.1) is 13.8 Å². The Balaban J connectivity index is 1.68. The first-order chi connectivity index (χ1) is 13.6. The molecule has 4 rings (SSSR count). The Morgan fingerprint density at radius 2 is 1.96 bits per heavy atom. The monoisotopic (exact) mass is 393 g/mol. The molecule has 7 heteroatoms. The van der Waals surface area contributed by atoms with Crippen LogP contribution in [0.15, 0.2) is 53.7 Å². The largest absolute Gasteiger partial charge is 0.325 e. The summed E-state index contributed by atoms with van der Waals surface area (Å²) in [5.74, 6) is 0.809. The summed E-state index contributed by atoms with van der Waals surface area (Å²) < 4.78 is 1.91. The summed E-state index contributed by atoms with van der Waals surface area (Å²) in [4.78, 5) is 13.3. The van der Waals surface area contributed by atoms with Crippen LogP contribution in [0.1, 0.15) is 35.5 Å². The number of hydrogen-bond donors (Lipinski definition) is 2. The van der Waals surface area contributed by atoms with Gasteiger partial charge in [-0.2, -0.15) is 0 Å². The van der Waals surface area contributed by atoms with E-state index in [0.29, 0.717) is 5.16 Å². The van der Waals surface area contributed by atoms with Crippen molar-refractivity contribution in [1.82, 2.24) is 14.9 Å². The molecule has 0 radical (unpaired) electrons. The lowest BCUT2D eigenvalue weighted by molar-refractivity contribution is -0.116. The van der Waals surface area contributed by atoms with E-state index < -0.39 is 0 Å². The molecule has 0 spiro atoms. The number of aromatic nitrogens is 3. The molecule has 0 saturated carbocycles. The van der Waals surface area contributed by atoms with Gasteiger partial charge in [-0.3, -0.25) is 4.79 Å². The molecule has 0 unspecified atom stereocenters. The van der Waals surface area contributed by atoms with Crippen molar-refractivity contribution in [2.45, 2.75) is 43.6 Å². The molecule has 28 heavy (non-hydrogen) atoms. The van der Waals surface area contributed by atoms with Gasteiger partial charge in [0.1, 0.15) is 5.25 Å². The molecule has 2 atom stereocenters. The third kappa shape index (κ3) is 3.49. The number of carbonyl (C=O) groups is 1. The van der Waals surface area contributed by atoms with Gasteiger partial charge in [-0.05, 0) is 36.6 Å². The number of amides is 1. The van der Waals surface area contributed by atoms with E-state index >= 15 is 0 Å². The van der Waals surface area contributed by atoms with Gasteiger partial charge in [0.05, 0.1) is 6.04 Å². The van der Waals surface area contributed by atoms with Gasteiger partial charge in [0.2, 0.25) is 11.1 Å². The molecular formula is C21H23N5OS. The standard InChI is InChI=1S/C21H23N5OS/c1-4-17-23-24-21-26(17)25-18(15-8-6-5-7-9-15)19(28-21)20(27)22-16-12-13(2)10-11-14(16)3/h5-12,18-19,25H,4H2,1-3H3,(H,22,27)/t18-,19+/m1/s1. The van der Waals surface area contributed by atoms with Crippen molar-refractivity contribution >= 4 is 23.4 Å². The summed E-state index contributed by atoms with van der Waals surface area (Å²) in [6.07, 6.45) is 0.765. The van der Waals surface area contributed by atoms with Crippen molar-refractivity contribution in [1.29, 1.82) is 0 Å². The molecule has 3 aromatic rings. The van der Waals surface area contributed by atoms with E-state index in [9.17, 15) is 4.79 Å². The Labute approximate surface area is 168 Å². The zero-order valence-electron chi connectivity index (χ0n) is 16.1. The number of hydrogen-bond acceptors (Lipinski definition) is 5. The van der Waals surface area contributed by atoms with Crippen molar-refractivity contribution in [3.63, 3.8) is 0 Å². The zero-order chi connectivity index (χ0) is 19.7. The minimum atomic E-state index is -0.372. The SMILES string of the molecule is CCc1nnc2n1N[C@H](c1ccccc1)[C@@H](C(=O)Nc1cc(C)ccc1C)S2. The molecule has 0 bridgehead atoms.